The van der Waals surface area contributed by atoms with Crippen LogP contribution >= 0.6 is 0 Å². The molecule has 6 aromatic carbocycles. The summed E-state index contributed by atoms with van der Waals surface area (Å²) in [5.41, 5.74) is -0.219. The first kappa shape index (κ1) is 52.1. The van der Waals surface area contributed by atoms with Crippen LogP contribution in [0.1, 0.15) is 0 Å². The molecule has 0 radical (unpaired) electrons. The van der Waals surface area contributed by atoms with Crippen molar-refractivity contribution in [3.8, 4) is 34.5 Å². The number of anilines is 1. The number of hydrogen-bond donors (Lipinski definition) is 5. The molecule has 330 valence electrons. The van der Waals surface area contributed by atoms with E-state index in [1.54, 1.807) is 36.4 Å². The number of amides is 1. The molecule has 0 heterocycles. The number of phenols is 2. The zero-order valence-corrected chi connectivity index (χ0v) is 38.5. The molecule has 0 saturated carbocycles. The molecular weight excluding hydrogens is 939 g/mol. The van der Waals surface area contributed by atoms with Crippen molar-refractivity contribution in [2.75, 3.05) is 33.8 Å². The average Bonchev–Trinajstić information content (AvgIpc) is 3.23. The maximum atomic E-state index is 12.4. The molecule has 0 aliphatic heterocycles. The summed E-state index contributed by atoms with van der Waals surface area (Å²) in [5, 5.41) is 81.8. The minimum Gasteiger partial charge on any atom is -0.871 e. The number of hydrogen-bond acceptors (Lipinski definition) is 20. The number of aromatic hydroxyl groups is 2. The van der Waals surface area contributed by atoms with E-state index in [0.717, 1.165) is 32.4 Å². The van der Waals surface area contributed by atoms with Crippen molar-refractivity contribution in [3.63, 3.8) is 0 Å². The smallest absolute Gasteiger partial charge is 0.871 e. The molecule has 0 aromatic heterocycles. The molecule has 0 fully saturated rings. The quantitative estimate of drug-likeness (QED) is 0.0570. The summed E-state index contributed by atoms with van der Waals surface area (Å²) in [5.74, 6) is -2.59. The first-order valence-electron chi connectivity index (χ1n) is 17.1. The molecule has 0 bridgehead atoms. The number of nitrogens with two attached hydrogens (primary N) is 1. The molecular formula is C38H32CoN8NaO14S2. The fraction of sp³-hybridized carbons (Fsp3) is 0.105. The molecule has 26 heteroatoms. The van der Waals surface area contributed by atoms with Gasteiger partial charge >= 0.3 is 52.4 Å². The van der Waals surface area contributed by atoms with Crippen LogP contribution in [0.4, 0.5) is 38.9 Å². The van der Waals surface area contributed by atoms with Crippen LogP contribution < -0.4 is 64.8 Å². The van der Waals surface area contributed by atoms with E-state index >= 15 is 0 Å². The van der Waals surface area contributed by atoms with Crippen molar-refractivity contribution in [1.29, 1.82) is 4.78 Å². The van der Waals surface area contributed by atoms with Gasteiger partial charge < -0.3 is 49.0 Å². The predicted molar refractivity (Wildman–Crippen MR) is 216 cm³/mol. The number of benzene rings is 6. The van der Waals surface area contributed by atoms with Crippen LogP contribution in [-0.2, 0) is 46.3 Å². The van der Waals surface area contributed by atoms with Crippen molar-refractivity contribution >= 4 is 87.9 Å². The normalized spacial score (nSPS) is 12.4. The molecule has 0 spiro atoms. The molecule has 1 unspecified atom stereocenters. The molecule has 22 nitrogen and oxygen atoms in total. The van der Waals surface area contributed by atoms with Gasteiger partial charge in [-0.25, -0.2) is 23.3 Å². The van der Waals surface area contributed by atoms with Gasteiger partial charge in [-0.15, -0.1) is 10.2 Å². The van der Waals surface area contributed by atoms with Crippen molar-refractivity contribution in [2.24, 2.45) is 30.6 Å². The maximum Gasteiger partial charge on any atom is 3.00 e. The first-order chi connectivity index (χ1) is 29.3. The Hall–Kier alpha value is -6.29. The second kappa shape index (κ2) is 21.9. The van der Waals surface area contributed by atoms with Crippen molar-refractivity contribution in [3.05, 3.63) is 84.9 Å². The van der Waals surface area contributed by atoms with Gasteiger partial charge in [0, 0.05) is 39.0 Å². The fourth-order valence-electron chi connectivity index (χ4n) is 5.56. The molecule has 0 aliphatic carbocycles. The van der Waals surface area contributed by atoms with Gasteiger partial charge in [0.1, 0.15) is 39.3 Å². The number of nitrogens with one attached hydrogen (secondary N) is 2. The first-order valence-corrected chi connectivity index (χ1v) is 20.1. The van der Waals surface area contributed by atoms with Gasteiger partial charge in [-0.05, 0) is 42.1 Å². The number of nitrogens with zero attached hydrogens (tertiary/aromatic N) is 5. The van der Waals surface area contributed by atoms with Gasteiger partial charge in [0.25, 0.3) is 0 Å². The Morgan fingerprint density at radius 3 is 1.89 bits per heavy atom. The van der Waals surface area contributed by atoms with Gasteiger partial charge in [-0.1, -0.05) is 54.0 Å². The number of carbonyl (C=O) groups is 1. The van der Waals surface area contributed by atoms with Crippen LogP contribution in [0.25, 0.3) is 21.5 Å². The number of rotatable bonds is 10. The molecule has 64 heavy (non-hydrogen) atoms. The molecule has 1 amide bonds. The third-order valence-corrected chi connectivity index (χ3v) is 10.2. The van der Waals surface area contributed by atoms with Gasteiger partial charge in [0.05, 0.1) is 49.0 Å². The molecule has 1 atom stereocenters. The standard InChI is InChI=1S/2C19H18N4O7S.Co.Na/c2*1-29-15-8-12(14(25)9-16(15)31(20,27)28)22-23-18-13(24)7-6-10-4-3-5-11(17(10)18)21-19(26)30-2;;/h2*3-9,24-25H,1-2H3,(H,21,26)(H2,20,27,28);;/q;;+3;+1/p-4. The second-order valence-corrected chi connectivity index (χ2v) is 15.2. The van der Waals surface area contributed by atoms with Gasteiger partial charge in [0.2, 0.25) is 10.0 Å². The third kappa shape index (κ3) is 12.0. The van der Waals surface area contributed by atoms with E-state index in [1.165, 1.54) is 38.5 Å². The number of phenolic OH excluding ortho intramolecular Hbond substituents is 2. The van der Waals surface area contributed by atoms with Crippen molar-refractivity contribution < 1.29 is 113 Å². The molecule has 6 aromatic rings. The number of methoxy groups -OCH3 is 4. The van der Waals surface area contributed by atoms with E-state index < -0.39 is 59.2 Å². The third-order valence-electron chi connectivity index (χ3n) is 8.38. The van der Waals surface area contributed by atoms with Crippen LogP contribution in [0.2, 0.25) is 0 Å². The van der Waals surface area contributed by atoms with E-state index in [0.29, 0.717) is 27.9 Å². The van der Waals surface area contributed by atoms with Gasteiger partial charge in [-0.2, -0.15) is 10.2 Å². The largest absolute Gasteiger partial charge is 3.00 e. The van der Waals surface area contributed by atoms with Crippen molar-refractivity contribution in [2.45, 2.75) is 9.79 Å². The summed E-state index contributed by atoms with van der Waals surface area (Å²) in [6.07, 6.45) is -1.61. The van der Waals surface area contributed by atoms with Crippen LogP contribution in [0.3, 0.4) is 0 Å². The summed E-state index contributed by atoms with van der Waals surface area (Å²) in [6.45, 7) is 0. The molecule has 0 saturated heterocycles. The topological polar surface area (TPSA) is 362 Å². The molecule has 0 aliphatic rings. The number of carbonyl (C=O) groups excluding carboxylic acids is 1. The average molecular weight is 971 g/mol. The van der Waals surface area contributed by atoms with Crippen molar-refractivity contribution in [1.82, 2.24) is 0 Å². The number of azo groups is 2. The van der Waals surface area contributed by atoms with E-state index in [4.69, 9.17) is 19.4 Å². The zero-order valence-electron chi connectivity index (χ0n) is 33.8. The minimum atomic E-state index is -4.46. The monoisotopic (exact) mass is 970 g/mol. The molecule has 6 rings (SSSR count). The number of ether oxygens (including phenoxy) is 4. The van der Waals surface area contributed by atoms with Crippen LogP contribution in [0.5, 0.6) is 34.5 Å². The van der Waals surface area contributed by atoms with E-state index in [2.05, 4.69) is 40.2 Å². The summed E-state index contributed by atoms with van der Waals surface area (Å²) >= 11 is 0. The Bertz CT molecular complexity index is 3050. The number of fused-ring (bicyclic) bond motifs is 2. The Labute approximate surface area is 396 Å². The Balaban J connectivity index is 0.000000330. The summed E-state index contributed by atoms with van der Waals surface area (Å²) in [4.78, 5) is 14.4. The number of aliphatic imine (C=N–C) groups is 1. The van der Waals surface area contributed by atoms with E-state index in [1.807, 2.05) is 0 Å². The van der Waals surface area contributed by atoms with Gasteiger partial charge in [-0.3, -0.25) is 14.3 Å². The second-order valence-electron chi connectivity index (χ2n) is 12.2. The Morgan fingerprint density at radius 2 is 1.28 bits per heavy atom. The number of sulfonamides is 1. The van der Waals surface area contributed by atoms with Crippen LogP contribution in [0, 0.1) is 4.78 Å². The maximum absolute atomic E-state index is 12.4. The van der Waals surface area contributed by atoms with Crippen LogP contribution in [-0.4, -0.2) is 68.0 Å². The van der Waals surface area contributed by atoms with Gasteiger partial charge in [0.15, 0.2) is 6.08 Å². The Morgan fingerprint density at radius 1 is 0.703 bits per heavy atom. The zero-order chi connectivity index (χ0) is 45.5. The predicted octanol–water partition coefficient (Wildman–Crippen LogP) is 2.44. The number of primary sulfonamides is 1. The summed E-state index contributed by atoms with van der Waals surface area (Å²) < 4.78 is 72.5. The minimum absolute atomic E-state index is 0. The Kier molecular flexibility index (Phi) is 17.8. The molecule has 6 N–H and O–H groups in total. The SMILES string of the molecule is COC(=O)Nc1cccc2ccc(O)c(N=Nc3cc(OC)c(S(N)(=O)=O)cc3O)c12.COC([O-])=Nc1cccc2ccc([O-])c(N=Nc3cc(OC)c(S(=N)(=O)[O-])cc3[O-])c12.[Co+3].[Na+]. The van der Waals surface area contributed by atoms with E-state index in [-0.39, 0.29) is 97.4 Å². The van der Waals surface area contributed by atoms with Crippen LogP contribution in [0.15, 0.2) is 120 Å². The fourth-order valence-corrected chi connectivity index (χ4v) is 6.93. The van der Waals surface area contributed by atoms with E-state index in [9.17, 15) is 47.5 Å². The summed E-state index contributed by atoms with van der Waals surface area (Å²) in [6, 6.07) is 19.3. The summed E-state index contributed by atoms with van der Waals surface area (Å²) in [7, 11) is -3.87.